The third-order valence-electron chi connectivity index (χ3n) is 8.66. The van der Waals surface area contributed by atoms with Crippen LogP contribution in [-0.2, 0) is 11.8 Å². The lowest BCUT2D eigenvalue weighted by molar-refractivity contribution is 0.449. The van der Waals surface area contributed by atoms with E-state index >= 15 is 8.78 Å². The third-order valence-corrected chi connectivity index (χ3v) is 8.66. The van der Waals surface area contributed by atoms with Crippen LogP contribution in [0.5, 0.6) is 5.75 Å². The average molecular weight is 531 g/mol. The smallest absolute Gasteiger partial charge is 0.157 e. The number of aryl methyl sites for hydroxylation is 3. The fourth-order valence-corrected chi connectivity index (χ4v) is 6.78. The summed E-state index contributed by atoms with van der Waals surface area (Å²) < 4.78 is 31.9. The Bertz CT molecular complexity index is 1630. The molecule has 7 heteroatoms. The van der Waals surface area contributed by atoms with Gasteiger partial charge in [0.05, 0.1) is 0 Å². The van der Waals surface area contributed by atoms with E-state index in [1.54, 1.807) is 18.3 Å². The molecule has 39 heavy (non-hydrogen) atoms. The third kappa shape index (κ3) is 4.05. The van der Waals surface area contributed by atoms with E-state index in [-0.39, 0.29) is 17.3 Å². The molecular weight excluding hydrogens is 494 g/mol. The molecule has 4 aromatic rings. The molecule has 2 aliphatic rings. The molecule has 2 atom stereocenters. The van der Waals surface area contributed by atoms with Gasteiger partial charge in [0.15, 0.2) is 5.82 Å². The van der Waals surface area contributed by atoms with Gasteiger partial charge in [-0.3, -0.25) is 4.98 Å². The van der Waals surface area contributed by atoms with Gasteiger partial charge in [-0.25, -0.2) is 13.8 Å². The van der Waals surface area contributed by atoms with Crippen LogP contribution in [-0.4, -0.2) is 40.2 Å². The summed E-state index contributed by atoms with van der Waals surface area (Å²) in [5.41, 5.74) is 2.85. The molecule has 5 nitrogen and oxygen atoms in total. The van der Waals surface area contributed by atoms with Gasteiger partial charge in [-0.15, -0.1) is 0 Å². The van der Waals surface area contributed by atoms with Crippen molar-refractivity contribution in [1.29, 1.82) is 0 Å². The molecule has 0 radical (unpaired) electrons. The second-order valence-electron chi connectivity index (χ2n) is 12.3. The Morgan fingerprint density at radius 3 is 2.38 bits per heavy atom. The summed E-state index contributed by atoms with van der Waals surface area (Å²) in [6.45, 7) is 13.4. The number of hydrogen-bond acceptors (Lipinski definition) is 5. The van der Waals surface area contributed by atoms with Gasteiger partial charge in [-0.2, -0.15) is 0 Å². The average Bonchev–Trinajstić information content (AvgIpc) is 3.22. The number of phenolic OH excluding ortho intramolecular Hbond substituents is 1. The number of rotatable bonds is 3. The van der Waals surface area contributed by atoms with Gasteiger partial charge in [0.1, 0.15) is 23.1 Å². The van der Waals surface area contributed by atoms with Crippen LogP contribution >= 0.6 is 0 Å². The Kier molecular flexibility index (Phi) is 6.06. The zero-order valence-electron chi connectivity index (χ0n) is 23.5. The van der Waals surface area contributed by atoms with Crippen molar-refractivity contribution >= 4 is 27.4 Å². The van der Waals surface area contributed by atoms with Crippen LogP contribution in [0.4, 0.5) is 14.6 Å². The number of hydrogen-bond donors (Lipinski definition) is 2. The highest BCUT2D eigenvalue weighted by Crippen LogP contribution is 2.45. The van der Waals surface area contributed by atoms with Crippen molar-refractivity contribution in [1.82, 2.24) is 15.3 Å². The zero-order valence-corrected chi connectivity index (χ0v) is 23.5. The van der Waals surface area contributed by atoms with E-state index in [9.17, 15) is 5.11 Å². The molecule has 2 unspecified atom stereocenters. The summed E-state index contributed by atoms with van der Waals surface area (Å²) in [7, 11) is 0. The summed E-state index contributed by atoms with van der Waals surface area (Å²) in [5, 5.41) is 17.4. The number of pyridine rings is 2. The standard InChI is InChI=1S/C32H36F2N4O/c1-7-20-24(33)11-10-21-27(20)22(12-25(39)28(21)32(4,5)6)30-29(34)26-16(2)17(3)36-31(23(26)13-35-30)38-14-18-8-9-19(15-38)37-18/h10-13,18-19,37,39H,7-9,14-15H2,1-6H3. The molecule has 2 saturated heterocycles. The van der Waals surface area contributed by atoms with Gasteiger partial charge >= 0.3 is 0 Å². The molecule has 2 N–H and O–H groups in total. The molecule has 0 spiro atoms. The number of anilines is 1. The maximum atomic E-state index is 16.7. The van der Waals surface area contributed by atoms with Gasteiger partial charge in [-0.05, 0) is 72.6 Å². The van der Waals surface area contributed by atoms with Crippen LogP contribution in [0.25, 0.3) is 32.8 Å². The summed E-state index contributed by atoms with van der Waals surface area (Å²) >= 11 is 0. The van der Waals surface area contributed by atoms with Crippen LogP contribution in [0.15, 0.2) is 24.4 Å². The molecule has 0 saturated carbocycles. The first-order valence-electron chi connectivity index (χ1n) is 13.9. The van der Waals surface area contributed by atoms with Crippen molar-refractivity contribution in [2.75, 3.05) is 18.0 Å². The van der Waals surface area contributed by atoms with Crippen molar-refractivity contribution in [3.8, 4) is 17.0 Å². The van der Waals surface area contributed by atoms with Crippen molar-refractivity contribution in [2.45, 2.75) is 78.3 Å². The van der Waals surface area contributed by atoms with Gasteiger partial charge in [0.2, 0.25) is 0 Å². The van der Waals surface area contributed by atoms with E-state index in [1.807, 2.05) is 41.5 Å². The fraction of sp³-hybridized carbons (Fsp3) is 0.438. The Labute approximate surface area is 228 Å². The van der Waals surface area contributed by atoms with E-state index in [2.05, 4.69) is 15.2 Å². The number of aromatic nitrogens is 2. The van der Waals surface area contributed by atoms with Crippen LogP contribution in [0.3, 0.4) is 0 Å². The van der Waals surface area contributed by atoms with Crippen LogP contribution in [0.2, 0.25) is 0 Å². The topological polar surface area (TPSA) is 61.3 Å². The summed E-state index contributed by atoms with van der Waals surface area (Å²) in [4.78, 5) is 11.8. The highest BCUT2D eigenvalue weighted by atomic mass is 19.1. The lowest BCUT2D eigenvalue weighted by Crippen LogP contribution is -2.51. The highest BCUT2D eigenvalue weighted by molar-refractivity contribution is 6.05. The van der Waals surface area contributed by atoms with E-state index in [1.165, 1.54) is 6.07 Å². The SMILES string of the molecule is CCc1c(F)ccc2c(C(C)(C)C)c(O)cc(-c3ncc4c(N5CC6CCC(C5)N6)nc(C)c(C)c4c3F)c12. The van der Waals surface area contributed by atoms with Crippen molar-refractivity contribution in [3.05, 3.63) is 58.4 Å². The summed E-state index contributed by atoms with van der Waals surface area (Å²) in [6.07, 6.45) is 4.41. The second kappa shape index (κ2) is 9.12. The van der Waals surface area contributed by atoms with Crippen molar-refractivity contribution in [2.24, 2.45) is 0 Å². The maximum Gasteiger partial charge on any atom is 0.157 e. The maximum absolute atomic E-state index is 16.7. The molecule has 2 bridgehead atoms. The van der Waals surface area contributed by atoms with Gasteiger partial charge in [0.25, 0.3) is 0 Å². The number of fused-ring (bicyclic) bond motifs is 4. The normalized spacial score (nSPS) is 19.4. The van der Waals surface area contributed by atoms with E-state index in [0.717, 1.165) is 48.4 Å². The van der Waals surface area contributed by atoms with Gasteiger partial charge in [-0.1, -0.05) is 33.8 Å². The minimum atomic E-state index is -0.467. The van der Waals surface area contributed by atoms with Gasteiger partial charge in [0, 0.05) is 59.0 Å². The molecule has 6 rings (SSSR count). The highest BCUT2D eigenvalue weighted by Gasteiger charge is 2.34. The van der Waals surface area contributed by atoms with Crippen LogP contribution < -0.4 is 10.2 Å². The summed E-state index contributed by atoms with van der Waals surface area (Å²) in [6, 6.07) is 5.53. The molecule has 2 aromatic carbocycles. The number of halogens is 2. The second-order valence-corrected chi connectivity index (χ2v) is 12.3. The first kappa shape index (κ1) is 25.9. The summed E-state index contributed by atoms with van der Waals surface area (Å²) in [5.74, 6) is 0.00956. The minimum Gasteiger partial charge on any atom is -0.508 e. The van der Waals surface area contributed by atoms with Gasteiger partial charge < -0.3 is 15.3 Å². The Balaban J connectivity index is 1.64. The molecular formula is C32H36F2N4O. The van der Waals surface area contributed by atoms with E-state index in [4.69, 9.17) is 4.98 Å². The number of phenols is 1. The molecule has 0 aliphatic carbocycles. The monoisotopic (exact) mass is 530 g/mol. The van der Waals surface area contributed by atoms with Crippen molar-refractivity contribution in [3.63, 3.8) is 0 Å². The fourth-order valence-electron chi connectivity index (χ4n) is 6.78. The molecule has 4 heterocycles. The van der Waals surface area contributed by atoms with Crippen molar-refractivity contribution < 1.29 is 13.9 Å². The first-order valence-corrected chi connectivity index (χ1v) is 13.9. The lowest BCUT2D eigenvalue weighted by atomic mass is 9.80. The molecule has 2 aliphatic heterocycles. The number of aromatic hydroxyl groups is 1. The van der Waals surface area contributed by atoms with E-state index < -0.39 is 11.2 Å². The van der Waals surface area contributed by atoms with E-state index in [0.29, 0.717) is 51.4 Å². The predicted octanol–water partition coefficient (Wildman–Crippen LogP) is 6.85. The molecule has 2 fully saturated rings. The predicted molar refractivity (Wildman–Crippen MR) is 154 cm³/mol. The minimum absolute atomic E-state index is 0.0552. The molecule has 2 aromatic heterocycles. The number of nitrogens with one attached hydrogen (secondary N) is 1. The molecule has 204 valence electrons. The Hall–Kier alpha value is -3.32. The Morgan fingerprint density at radius 1 is 1.05 bits per heavy atom. The van der Waals surface area contributed by atoms with Crippen LogP contribution in [0.1, 0.15) is 62.9 Å². The quantitative estimate of drug-likeness (QED) is 0.303. The number of piperazine rings is 1. The zero-order chi connectivity index (χ0) is 27.8. The Morgan fingerprint density at radius 2 is 1.74 bits per heavy atom. The number of nitrogens with zero attached hydrogens (tertiary/aromatic N) is 3. The largest absolute Gasteiger partial charge is 0.508 e. The lowest BCUT2D eigenvalue weighted by Gasteiger charge is -2.34. The first-order chi connectivity index (χ1) is 18.5. The van der Waals surface area contributed by atoms with Crippen LogP contribution in [0, 0.1) is 25.5 Å². The molecule has 0 amide bonds. The number of benzene rings is 2.